The molecule has 1 aliphatic rings. The molecule has 1 saturated carbocycles. The van der Waals surface area contributed by atoms with Gasteiger partial charge in [0.15, 0.2) is 11.5 Å². The fourth-order valence-corrected chi connectivity index (χ4v) is 3.91. The zero-order valence-corrected chi connectivity index (χ0v) is 16.2. The zero-order chi connectivity index (χ0) is 18.9. The largest absolute Gasteiger partial charge is 0.273 e. The maximum absolute atomic E-state index is 4.79. The van der Waals surface area contributed by atoms with E-state index in [-0.39, 0.29) is 0 Å². The molecule has 5 rings (SSSR count). The van der Waals surface area contributed by atoms with Crippen LogP contribution < -0.4 is 0 Å². The molecule has 8 nitrogen and oxygen atoms in total. The Balaban J connectivity index is 1.51. The van der Waals surface area contributed by atoms with Gasteiger partial charge in [-0.25, -0.2) is 0 Å². The maximum Gasteiger partial charge on any atom is 0.180 e. The Hall–Kier alpha value is -3.03. The molecular weight excluding hydrogens is 340 g/mol. The molecule has 1 fully saturated rings. The predicted molar refractivity (Wildman–Crippen MR) is 101 cm³/mol. The van der Waals surface area contributed by atoms with Gasteiger partial charge in [-0.15, -0.1) is 10.2 Å². The van der Waals surface area contributed by atoms with E-state index >= 15 is 0 Å². The molecule has 4 aromatic heterocycles. The van der Waals surface area contributed by atoms with E-state index in [1.54, 1.807) is 4.52 Å². The van der Waals surface area contributed by atoms with Gasteiger partial charge in [-0.3, -0.25) is 9.36 Å². The number of rotatable bonds is 3. The molecule has 138 valence electrons. The first-order chi connectivity index (χ1) is 12.9. The van der Waals surface area contributed by atoms with E-state index in [9.17, 15) is 0 Å². The number of fused-ring (bicyclic) bond motifs is 1. The summed E-state index contributed by atoms with van der Waals surface area (Å²) < 4.78 is 5.67. The van der Waals surface area contributed by atoms with Crippen LogP contribution in [-0.4, -0.2) is 39.4 Å². The first kappa shape index (κ1) is 16.2. The van der Waals surface area contributed by atoms with E-state index in [4.69, 9.17) is 10.2 Å². The summed E-state index contributed by atoms with van der Waals surface area (Å²) in [6.45, 7) is 6.08. The fraction of sp³-hybridized carbons (Fsp3) is 0.421. The Morgan fingerprint density at radius 1 is 0.963 bits per heavy atom. The van der Waals surface area contributed by atoms with Gasteiger partial charge in [-0.1, -0.05) is 0 Å². The Kier molecular flexibility index (Phi) is 3.28. The zero-order valence-electron chi connectivity index (χ0n) is 16.2. The van der Waals surface area contributed by atoms with Crippen LogP contribution in [0.5, 0.6) is 0 Å². The summed E-state index contributed by atoms with van der Waals surface area (Å²) in [5.74, 6) is 1.75. The molecule has 4 aromatic rings. The monoisotopic (exact) mass is 362 g/mol. The van der Waals surface area contributed by atoms with Crippen molar-refractivity contribution in [3.63, 3.8) is 0 Å². The summed E-state index contributed by atoms with van der Waals surface area (Å²) in [6, 6.07) is 4.23. The van der Waals surface area contributed by atoms with E-state index in [2.05, 4.69) is 34.4 Å². The van der Waals surface area contributed by atoms with Crippen molar-refractivity contribution < 1.29 is 0 Å². The molecule has 0 bridgehead atoms. The van der Waals surface area contributed by atoms with Crippen molar-refractivity contribution in [1.82, 2.24) is 39.4 Å². The van der Waals surface area contributed by atoms with Crippen molar-refractivity contribution >= 4 is 5.65 Å². The van der Waals surface area contributed by atoms with Crippen LogP contribution in [0, 0.1) is 20.8 Å². The van der Waals surface area contributed by atoms with Crippen LogP contribution in [0.4, 0.5) is 0 Å². The minimum atomic E-state index is 0.453. The Morgan fingerprint density at radius 2 is 1.78 bits per heavy atom. The van der Waals surface area contributed by atoms with Crippen molar-refractivity contribution in [1.29, 1.82) is 0 Å². The lowest BCUT2D eigenvalue weighted by atomic mass is 10.1. The van der Waals surface area contributed by atoms with Crippen molar-refractivity contribution in [2.75, 3.05) is 0 Å². The van der Waals surface area contributed by atoms with E-state index in [1.807, 2.05) is 43.5 Å². The second-order valence-electron chi connectivity index (χ2n) is 7.53. The minimum Gasteiger partial charge on any atom is -0.273 e. The van der Waals surface area contributed by atoms with Gasteiger partial charge in [0.25, 0.3) is 0 Å². The molecule has 0 saturated heterocycles. The van der Waals surface area contributed by atoms with Gasteiger partial charge in [-0.05, 0) is 56.4 Å². The quantitative estimate of drug-likeness (QED) is 0.559. The third-order valence-corrected chi connectivity index (χ3v) is 5.71. The summed E-state index contributed by atoms with van der Waals surface area (Å²) in [5.41, 5.74) is 7.46. The second-order valence-corrected chi connectivity index (χ2v) is 7.53. The number of nitrogens with zero attached hydrogens (tertiary/aromatic N) is 8. The van der Waals surface area contributed by atoms with Crippen molar-refractivity contribution in [2.24, 2.45) is 14.1 Å². The van der Waals surface area contributed by atoms with Crippen LogP contribution in [0.2, 0.25) is 0 Å². The molecule has 4 heterocycles. The van der Waals surface area contributed by atoms with Gasteiger partial charge in [0.05, 0.1) is 17.6 Å². The second kappa shape index (κ2) is 5.48. The summed E-state index contributed by atoms with van der Waals surface area (Å²) in [6.07, 6.45) is 3.12. The van der Waals surface area contributed by atoms with E-state index in [1.165, 1.54) is 11.3 Å². The van der Waals surface area contributed by atoms with Crippen molar-refractivity contribution in [2.45, 2.75) is 39.0 Å². The van der Waals surface area contributed by atoms with Gasteiger partial charge >= 0.3 is 0 Å². The lowest BCUT2D eigenvalue weighted by molar-refractivity contribution is 0.734. The molecule has 2 unspecified atom stereocenters. The third-order valence-electron chi connectivity index (χ3n) is 5.71. The van der Waals surface area contributed by atoms with E-state index < -0.39 is 0 Å². The molecule has 8 heteroatoms. The summed E-state index contributed by atoms with van der Waals surface area (Å²) in [5, 5.41) is 22.2. The summed E-state index contributed by atoms with van der Waals surface area (Å²) in [4.78, 5) is 0. The van der Waals surface area contributed by atoms with Crippen molar-refractivity contribution in [3.8, 4) is 11.4 Å². The van der Waals surface area contributed by atoms with E-state index in [0.29, 0.717) is 11.8 Å². The highest BCUT2D eigenvalue weighted by Gasteiger charge is 2.43. The molecular formula is C19H22N8. The molecule has 2 atom stereocenters. The number of aromatic nitrogens is 8. The molecule has 0 radical (unpaired) electrons. The Labute approximate surface area is 156 Å². The SMILES string of the molecule is Cc1cc(-c2cc(C3CC3c3cnn(C)c3C)nn2C)nn2c(C)nnc12. The molecule has 0 aliphatic heterocycles. The minimum absolute atomic E-state index is 0.453. The van der Waals surface area contributed by atoms with Gasteiger partial charge in [-0.2, -0.15) is 19.8 Å². The predicted octanol–water partition coefficient (Wildman–Crippen LogP) is 2.45. The molecule has 27 heavy (non-hydrogen) atoms. The summed E-state index contributed by atoms with van der Waals surface area (Å²) in [7, 11) is 3.97. The fourth-order valence-electron chi connectivity index (χ4n) is 3.91. The molecule has 1 aliphatic carbocycles. The van der Waals surface area contributed by atoms with Crippen molar-refractivity contribution in [3.05, 3.63) is 46.7 Å². The first-order valence-electron chi connectivity index (χ1n) is 9.16. The van der Waals surface area contributed by atoms with Crippen LogP contribution in [0.1, 0.15) is 46.6 Å². The smallest absolute Gasteiger partial charge is 0.180 e. The Bertz CT molecular complexity index is 1180. The molecule has 0 amide bonds. The van der Waals surface area contributed by atoms with Crippen LogP contribution >= 0.6 is 0 Å². The highest BCUT2D eigenvalue weighted by molar-refractivity contribution is 5.60. The highest BCUT2D eigenvalue weighted by Crippen LogP contribution is 2.55. The maximum atomic E-state index is 4.79. The standard InChI is InChI=1S/C19H22N8/c1-10-6-17(24-27-12(3)21-22-19(10)27)18-8-16(23-26(18)5)14-7-13(14)15-9-20-25(4)11(15)2/h6,8-9,13-14H,7H2,1-5H3. The lowest BCUT2D eigenvalue weighted by Crippen LogP contribution is -2.02. The average Bonchev–Trinajstić information content (AvgIpc) is 3.02. The van der Waals surface area contributed by atoms with Gasteiger partial charge < -0.3 is 0 Å². The molecule has 0 spiro atoms. The normalized spacial score (nSPS) is 19.1. The first-order valence-corrected chi connectivity index (χ1v) is 9.16. The Morgan fingerprint density at radius 3 is 2.52 bits per heavy atom. The average molecular weight is 362 g/mol. The highest BCUT2D eigenvalue weighted by atomic mass is 15.4. The van der Waals surface area contributed by atoms with Gasteiger partial charge in [0, 0.05) is 25.7 Å². The number of aryl methyl sites for hydroxylation is 4. The topological polar surface area (TPSA) is 78.7 Å². The van der Waals surface area contributed by atoms with Gasteiger partial charge in [0.1, 0.15) is 5.69 Å². The molecule has 0 N–H and O–H groups in total. The third kappa shape index (κ3) is 2.39. The van der Waals surface area contributed by atoms with Crippen LogP contribution in [0.25, 0.3) is 17.0 Å². The van der Waals surface area contributed by atoms with E-state index in [0.717, 1.165) is 40.5 Å². The molecule has 0 aromatic carbocycles. The summed E-state index contributed by atoms with van der Waals surface area (Å²) >= 11 is 0. The van der Waals surface area contributed by atoms with Crippen LogP contribution in [0.15, 0.2) is 18.3 Å². The van der Waals surface area contributed by atoms with Crippen LogP contribution in [0.3, 0.4) is 0 Å². The lowest BCUT2D eigenvalue weighted by Gasteiger charge is -2.04. The number of hydrogen-bond acceptors (Lipinski definition) is 5. The van der Waals surface area contributed by atoms with Crippen LogP contribution in [-0.2, 0) is 14.1 Å². The van der Waals surface area contributed by atoms with Gasteiger partial charge in [0.2, 0.25) is 0 Å². The number of hydrogen-bond donors (Lipinski definition) is 0.